The molecular weight excluding hydrogens is 1460 g/mol. The van der Waals surface area contributed by atoms with Crippen LogP contribution in [-0.4, -0.2) is 40.4 Å². The molecular formula is C92H60N4Ni4O4. The molecule has 0 unspecified atom stereocenters. The van der Waals surface area contributed by atoms with E-state index in [1.54, 1.807) is 42.7 Å². The molecule has 4 N–H and O–H groups in total. The van der Waals surface area contributed by atoms with Gasteiger partial charge in [-0.05, 0) is 76.6 Å². The van der Waals surface area contributed by atoms with Crippen LogP contribution in [0.25, 0.3) is 134 Å². The van der Waals surface area contributed by atoms with Gasteiger partial charge in [-0.25, -0.2) is 5.56 Å². The molecule has 8 nitrogen and oxygen atoms in total. The average molecular weight is 1520 g/mol. The van der Waals surface area contributed by atoms with Gasteiger partial charge < -0.3 is 25.4 Å². The van der Waals surface area contributed by atoms with Gasteiger partial charge in [0.15, 0.2) is 0 Å². The minimum absolute atomic E-state index is 0. The summed E-state index contributed by atoms with van der Waals surface area (Å²) in [5, 5.41) is 40.3. The van der Waals surface area contributed by atoms with Gasteiger partial charge in [-0.15, -0.1) is 160 Å². The zero-order chi connectivity index (χ0) is 68.2. The molecule has 0 bridgehead atoms. The van der Waals surface area contributed by atoms with Crippen LogP contribution in [0.3, 0.4) is 0 Å². The Balaban J connectivity index is 0.000000159. The molecule has 0 radical (unpaired) electrons. The quantitative estimate of drug-likeness (QED) is 0.0702. The van der Waals surface area contributed by atoms with Crippen molar-refractivity contribution >= 4 is 0 Å². The molecule has 0 fully saturated rings. The van der Waals surface area contributed by atoms with Crippen LogP contribution >= 0.6 is 0 Å². The molecule has 4 aromatic heterocycles. The van der Waals surface area contributed by atoms with E-state index in [1.807, 2.05) is 297 Å². The standard InChI is InChI=1S/4C23H15NO.4Ni/c2*25-23-13-2-1-11-21(23)19-9-5-7-17(15-19)18-8-6-10-20(16-18)22-12-3-4-14-24-22;25-23-15-5-4-12-20(23)18-10-6-11-19(16-18)22-14-7-13-21(24-22)17-8-2-1-3-9-17;25-23-15-5-4-12-20(23)22-14-7-13-21(24-22)19-11-6-10-18(16-19)17-8-2-1-3-9-17;;;;/h2*1-14,25H;2*1-8,10-15,25H;;;;/q4*-2;4*+2. The van der Waals surface area contributed by atoms with Crippen LogP contribution in [0.15, 0.2) is 340 Å². The van der Waals surface area contributed by atoms with E-state index in [9.17, 15) is 20.4 Å². The maximum absolute atomic E-state index is 10.1. The molecule has 0 aliphatic heterocycles. The van der Waals surface area contributed by atoms with Crippen molar-refractivity contribution in [1.29, 1.82) is 0 Å². The molecule has 0 saturated heterocycles. The van der Waals surface area contributed by atoms with Crippen molar-refractivity contribution < 1.29 is 86.4 Å². The Morgan fingerprint density at radius 3 is 0.779 bits per heavy atom. The number of benzene rings is 12. The third kappa shape index (κ3) is 19.5. The summed E-state index contributed by atoms with van der Waals surface area (Å²) in [5.74, 6) is 0.976. The number of para-hydroxylation sites is 4. The van der Waals surface area contributed by atoms with E-state index in [0.717, 1.165) is 134 Å². The van der Waals surface area contributed by atoms with Crippen LogP contribution in [0.1, 0.15) is 0 Å². The smallest absolute Gasteiger partial charge is 0.515 e. The number of nitrogens with zero attached hydrogens (tertiary/aromatic N) is 4. The summed E-state index contributed by atoms with van der Waals surface area (Å²) in [7, 11) is 0. The van der Waals surface area contributed by atoms with Crippen molar-refractivity contribution in [2.24, 2.45) is 0 Å². The number of hydrogen-bond donors (Lipinski definition) is 4. The van der Waals surface area contributed by atoms with E-state index in [-0.39, 0.29) is 89.0 Å². The van der Waals surface area contributed by atoms with Crippen molar-refractivity contribution in [3.05, 3.63) is 389 Å². The minimum Gasteiger partial charge on any atom is -0.515 e. The van der Waals surface area contributed by atoms with E-state index in [1.165, 1.54) is 0 Å². The van der Waals surface area contributed by atoms with E-state index in [2.05, 4.69) is 58.5 Å². The van der Waals surface area contributed by atoms with Gasteiger partial charge in [0, 0.05) is 35.0 Å². The molecule has 0 spiro atoms. The number of hydrogen-bond acceptors (Lipinski definition) is 8. The van der Waals surface area contributed by atoms with Gasteiger partial charge in [0.1, 0.15) is 5.75 Å². The number of aromatic nitrogens is 4. The SMILES string of the molecule is Oc1ccccc1-c1[c-]c(-c2[c-]c(-c3ccccn3)ccc2)ccc1.Oc1ccccc1-c1[c-]c(-c2[c-]c(-c3ccccn3)ccc2)ccc1.Oc1ccccc1-c1[c-]c(-c2cccc(-c3[c-]cccc3)n2)ccc1.Oc1ccccc1-c1cccc(-c2[c-]c(-c3[c-]cccc3)ccc2)n1.[Ni+2].[Ni+2].[Ni+2].[Ni+2]. The van der Waals surface area contributed by atoms with Crippen LogP contribution in [0, 0.1) is 48.5 Å². The maximum atomic E-state index is 10.1. The van der Waals surface area contributed by atoms with Crippen molar-refractivity contribution in [2.75, 3.05) is 0 Å². The Labute approximate surface area is 647 Å². The third-order valence-electron chi connectivity index (χ3n) is 16.0. The molecule has 4 heterocycles. The van der Waals surface area contributed by atoms with Gasteiger partial charge in [0.25, 0.3) is 0 Å². The fraction of sp³-hybridized carbons (Fsp3) is 0. The molecule has 0 saturated carbocycles. The molecule has 0 amide bonds. The summed E-state index contributed by atoms with van der Waals surface area (Å²) in [4.78, 5) is 18.2. The summed E-state index contributed by atoms with van der Waals surface area (Å²) in [6.07, 6.45) is 3.56. The van der Waals surface area contributed by atoms with Gasteiger partial charge in [-0.3, -0.25) is 15.0 Å². The number of pyridine rings is 4. The normalized spacial score (nSPS) is 10.2. The van der Waals surface area contributed by atoms with Crippen LogP contribution in [0.4, 0.5) is 0 Å². The van der Waals surface area contributed by atoms with E-state index >= 15 is 0 Å². The summed E-state index contributed by atoms with van der Waals surface area (Å²) in [6, 6.07) is 131. The van der Waals surface area contributed by atoms with Gasteiger partial charge >= 0.3 is 66.0 Å². The fourth-order valence-corrected chi connectivity index (χ4v) is 11.1. The predicted octanol–water partition coefficient (Wildman–Crippen LogP) is 21.5. The van der Waals surface area contributed by atoms with Crippen LogP contribution in [0.5, 0.6) is 23.0 Å². The zero-order valence-electron chi connectivity index (χ0n) is 55.2. The minimum atomic E-state index is 0. The molecule has 104 heavy (non-hydrogen) atoms. The molecule has 0 aliphatic carbocycles. The second kappa shape index (κ2) is 37.9. The number of rotatable bonds is 12. The van der Waals surface area contributed by atoms with Gasteiger partial charge in [0.05, 0.1) is 22.9 Å². The van der Waals surface area contributed by atoms with Gasteiger partial charge in [0.2, 0.25) is 0 Å². The first-order valence-electron chi connectivity index (χ1n) is 32.2. The van der Waals surface area contributed by atoms with Crippen molar-refractivity contribution in [2.45, 2.75) is 0 Å². The van der Waals surface area contributed by atoms with Crippen LogP contribution < -0.4 is 0 Å². The Bertz CT molecular complexity index is 4730. The second-order valence-electron chi connectivity index (χ2n) is 22.7. The molecule has 12 aromatic carbocycles. The van der Waals surface area contributed by atoms with Gasteiger partial charge in [-0.1, -0.05) is 127 Å². The molecule has 0 atom stereocenters. The molecule has 0 aliphatic rings. The molecule has 16 aromatic rings. The zero-order valence-corrected chi connectivity index (χ0v) is 59.1. The second-order valence-corrected chi connectivity index (χ2v) is 22.7. The van der Waals surface area contributed by atoms with Crippen molar-refractivity contribution in [3.63, 3.8) is 0 Å². The monoisotopic (exact) mass is 1520 g/mol. The van der Waals surface area contributed by atoms with Crippen molar-refractivity contribution in [1.82, 2.24) is 19.9 Å². The predicted molar refractivity (Wildman–Crippen MR) is 400 cm³/mol. The summed E-state index contributed by atoms with van der Waals surface area (Å²) in [6.45, 7) is 0. The van der Waals surface area contributed by atoms with Crippen LogP contribution in [-0.2, 0) is 66.0 Å². The summed E-state index contributed by atoms with van der Waals surface area (Å²) >= 11 is 0. The molecule has 16 rings (SSSR count). The molecule has 512 valence electrons. The summed E-state index contributed by atoms with van der Waals surface area (Å²) < 4.78 is 0. The Morgan fingerprint density at radius 2 is 0.423 bits per heavy atom. The maximum Gasteiger partial charge on any atom is 2.00 e. The Kier molecular flexibility index (Phi) is 27.9. The first kappa shape index (κ1) is 76.6. The van der Waals surface area contributed by atoms with Gasteiger partial charge in [-0.2, -0.15) is 113 Å². The average Bonchev–Trinajstić information content (AvgIpc) is 0.829. The first-order chi connectivity index (χ1) is 49.2. The Morgan fingerprint density at radius 1 is 0.183 bits per heavy atom. The first-order valence-corrected chi connectivity index (χ1v) is 32.2. The fourth-order valence-electron chi connectivity index (χ4n) is 11.1. The van der Waals surface area contributed by atoms with E-state index < -0.39 is 0 Å². The van der Waals surface area contributed by atoms with E-state index in [0.29, 0.717) is 0 Å². The number of phenols is 4. The van der Waals surface area contributed by atoms with E-state index in [4.69, 9.17) is 9.97 Å². The molecule has 12 heteroatoms. The van der Waals surface area contributed by atoms with Crippen LogP contribution in [0.2, 0.25) is 0 Å². The largest absolute Gasteiger partial charge is 2.00 e. The number of phenolic OH excluding ortho intramolecular Hbond substituents is 4. The topological polar surface area (TPSA) is 132 Å². The van der Waals surface area contributed by atoms with Crippen molar-refractivity contribution in [3.8, 4) is 157 Å². The number of aromatic hydroxyl groups is 4. The Hall–Kier alpha value is -11.6. The third-order valence-corrected chi connectivity index (χ3v) is 16.0. The summed E-state index contributed by atoms with van der Waals surface area (Å²) in [5.41, 5.74) is 21.0.